The third kappa shape index (κ3) is 19.5. The van der Waals surface area contributed by atoms with Crippen LogP contribution in [0.5, 0.6) is 0 Å². The van der Waals surface area contributed by atoms with Crippen LogP contribution >= 0.6 is 0 Å². The summed E-state index contributed by atoms with van der Waals surface area (Å²) < 4.78 is 0. The molecule has 0 aromatic rings. The largest absolute Gasteiger partial charge is 0 e. The Bertz CT molecular complexity index is 11.6. The fourth-order valence-electron chi connectivity index (χ4n) is 0. The monoisotopic (exact) mass is 542 g/mol. The molecule has 0 spiro atoms. The Labute approximate surface area is 85.2 Å². The molecule has 40 valence electrons. The average Bonchev–Trinajstić information content (AvgIpc) is 1.00. The number of hydrogen-bond acceptors (Lipinski definition) is 0. The maximum atomic E-state index is 4.30. The molecule has 0 unspecified atom stereocenters. The van der Waals surface area contributed by atoms with Gasteiger partial charge in [-0.1, -0.05) is 0 Å². The summed E-state index contributed by atoms with van der Waals surface area (Å²) >= 11 is 5.31. The molecule has 0 rings (SSSR count). The van der Waals surface area contributed by atoms with Gasteiger partial charge >= 0.3 is 32.0 Å². The van der Waals surface area contributed by atoms with Gasteiger partial charge in [0.2, 0.25) is 0 Å². The van der Waals surface area contributed by atoms with Crippen molar-refractivity contribution in [2.75, 3.05) is 0 Å². The molecule has 0 fully saturated rings. The summed E-state index contributed by atoms with van der Waals surface area (Å²) in [6, 6.07) is 0. The fraction of sp³-hybridized carbons (Fsp3) is 0. The summed E-state index contributed by atoms with van der Waals surface area (Å²) in [5, 5.41) is 0. The zero-order chi connectivity index (χ0) is 2.00. The van der Waals surface area contributed by atoms with E-state index in [2.05, 4.69) is 13.1 Å². The molecule has 0 aliphatic carbocycles. The molecule has 5 heavy (non-hydrogen) atoms. The van der Waals surface area contributed by atoms with Crippen LogP contribution in [0.15, 0.2) is 0 Å². The van der Waals surface area contributed by atoms with Crippen molar-refractivity contribution in [2.45, 2.75) is 0 Å². The van der Waals surface area contributed by atoms with Crippen molar-refractivity contribution in [3.8, 4) is 0 Å². The molecule has 0 bridgehead atoms. The standard InChI is InChI=1S/Cu.Fe.Ni.Ta.W. The van der Waals surface area contributed by atoms with Crippen molar-refractivity contribution in [1.29, 1.82) is 0 Å². The van der Waals surface area contributed by atoms with Crippen LogP contribution in [0.4, 0.5) is 0 Å². The van der Waals surface area contributed by atoms with Crippen molar-refractivity contribution in [2.24, 2.45) is 0 Å². The molecule has 0 heterocycles. The summed E-state index contributed by atoms with van der Waals surface area (Å²) in [4.78, 5) is 0. The third-order valence-corrected chi connectivity index (χ3v) is 0. The molecule has 0 atom stereocenters. The van der Waals surface area contributed by atoms with Crippen LogP contribution in [-0.4, -0.2) is 0 Å². The van der Waals surface area contributed by atoms with E-state index in [0.717, 1.165) is 18.9 Å². The van der Waals surface area contributed by atoms with Gasteiger partial charge in [0, 0.05) is 54.6 Å². The van der Waals surface area contributed by atoms with Crippen molar-refractivity contribution in [3.63, 3.8) is 0 Å². The van der Waals surface area contributed by atoms with Crippen molar-refractivity contribution in [3.05, 3.63) is 0 Å². The van der Waals surface area contributed by atoms with E-state index >= 15 is 0 Å². The van der Waals surface area contributed by atoms with Crippen molar-refractivity contribution >= 4 is 0 Å². The predicted molar refractivity (Wildman–Crippen MR) is 0 cm³/mol. The molecular formula is CuFeNiTaW. The van der Waals surface area contributed by atoms with Crippen LogP contribution in [0.25, 0.3) is 0 Å². The Morgan fingerprint density at radius 2 is 1.20 bits per heavy atom. The fourth-order valence-corrected chi connectivity index (χ4v) is 0. The van der Waals surface area contributed by atoms with Crippen LogP contribution in [-0.2, 0) is 86.6 Å². The minimum Gasteiger partial charge on any atom is 0 e. The summed E-state index contributed by atoms with van der Waals surface area (Å²) in [5.74, 6) is 0. The first-order valence-corrected chi connectivity index (χ1v) is 4.55. The summed E-state index contributed by atoms with van der Waals surface area (Å²) in [5.41, 5.74) is 0. The maximum absolute atomic E-state index is 4.30. The molecule has 0 aliphatic rings. The Morgan fingerprint density at radius 3 is 1.20 bits per heavy atom. The molecule has 0 saturated heterocycles. The molecule has 0 radical (unpaired) electrons. The Balaban J connectivity index is -0.00000000167. The summed E-state index contributed by atoms with van der Waals surface area (Å²) in [7, 11) is 0. The minimum atomic E-state index is 0. The van der Waals surface area contributed by atoms with E-state index < -0.39 is 0 Å². The Hall–Kier alpha value is 2.96. The molecular weight excluding hydrogens is 543 g/mol. The smallest absolute Gasteiger partial charge is 0 e. The second-order valence-electron chi connectivity index (χ2n) is 0. The van der Waals surface area contributed by atoms with Crippen LogP contribution < -0.4 is 0 Å². The predicted octanol–water partition coefficient (Wildman–Crippen LogP) is -0.0125. The third-order valence-electron chi connectivity index (χ3n) is 0. The van der Waals surface area contributed by atoms with E-state index in [1.807, 2.05) is 0 Å². The SMILES string of the molecule is [Cu][Ta].[Fe].[Ni].[W]. The summed E-state index contributed by atoms with van der Waals surface area (Å²) in [6.07, 6.45) is 0. The van der Waals surface area contributed by atoms with E-state index in [4.69, 9.17) is 0 Å². The molecule has 0 N–H and O–H groups in total. The number of rotatable bonds is 0. The van der Waals surface area contributed by atoms with E-state index in [0.29, 0.717) is 0 Å². The Kier molecular flexibility index (Phi) is 139. The number of hydrogen-bond donors (Lipinski definition) is 0. The molecule has 0 nitrogen and oxygen atoms in total. The van der Waals surface area contributed by atoms with Crippen LogP contribution in [0.2, 0.25) is 0 Å². The first kappa shape index (κ1) is 24.6. The van der Waals surface area contributed by atoms with E-state index in [9.17, 15) is 0 Å². The first-order chi connectivity index (χ1) is 1.00. The normalized spacial score (nSPS) is 1.20. The van der Waals surface area contributed by atoms with Crippen LogP contribution in [0.3, 0.4) is 0 Å². The molecule has 0 saturated carbocycles. The second kappa shape index (κ2) is 28.2. The second-order valence-corrected chi connectivity index (χ2v) is 0. The van der Waals surface area contributed by atoms with Crippen molar-refractivity contribution in [1.82, 2.24) is 0 Å². The van der Waals surface area contributed by atoms with Gasteiger partial charge in [0.05, 0.1) is 0 Å². The zero-order valence-corrected chi connectivity index (χ0v) is 11.0. The van der Waals surface area contributed by atoms with Crippen LogP contribution in [0, 0.1) is 0 Å². The molecule has 5 heteroatoms. The van der Waals surface area contributed by atoms with Crippen LogP contribution in [0.1, 0.15) is 0 Å². The van der Waals surface area contributed by atoms with Gasteiger partial charge in [-0.2, -0.15) is 0 Å². The maximum Gasteiger partial charge on any atom is 0 e. The van der Waals surface area contributed by atoms with Gasteiger partial charge in [0.15, 0.2) is 0 Å². The molecule has 0 amide bonds. The molecule has 0 aliphatic heterocycles. The quantitative estimate of drug-likeness (QED) is 0.378. The van der Waals surface area contributed by atoms with Gasteiger partial charge in [-0.05, 0) is 0 Å². The van der Waals surface area contributed by atoms with Gasteiger partial charge in [-0.3, -0.25) is 0 Å². The van der Waals surface area contributed by atoms with Gasteiger partial charge < -0.3 is 0 Å². The van der Waals surface area contributed by atoms with E-state index in [1.165, 1.54) is 0 Å². The van der Waals surface area contributed by atoms with Gasteiger partial charge in [-0.25, -0.2) is 0 Å². The zero-order valence-electron chi connectivity index (χ0n) is 1.83. The van der Waals surface area contributed by atoms with E-state index in [-0.39, 0.29) is 54.6 Å². The van der Waals surface area contributed by atoms with Gasteiger partial charge in [0.25, 0.3) is 0 Å². The van der Waals surface area contributed by atoms with Gasteiger partial charge in [0.1, 0.15) is 0 Å². The van der Waals surface area contributed by atoms with E-state index in [1.54, 1.807) is 0 Å². The minimum absolute atomic E-state index is 0. The van der Waals surface area contributed by atoms with Gasteiger partial charge in [-0.15, -0.1) is 0 Å². The average molecular weight is 543 g/mol. The topological polar surface area (TPSA) is 0 Å². The van der Waals surface area contributed by atoms with Crippen molar-refractivity contribution < 1.29 is 86.6 Å². The summed E-state index contributed by atoms with van der Waals surface area (Å²) in [6.45, 7) is 0. The Morgan fingerprint density at radius 1 is 1.20 bits per heavy atom. The molecule has 0 aromatic carbocycles. The molecule has 0 aromatic heterocycles. The first-order valence-electron chi connectivity index (χ1n) is 0.135.